The van der Waals surface area contributed by atoms with E-state index in [1.165, 1.54) is 18.6 Å². The van der Waals surface area contributed by atoms with E-state index < -0.39 is 15.8 Å². The van der Waals surface area contributed by atoms with E-state index in [1.807, 2.05) is 0 Å². The Hall–Kier alpha value is -0.980. The van der Waals surface area contributed by atoms with Gasteiger partial charge in [0.25, 0.3) is 0 Å². The van der Waals surface area contributed by atoms with Gasteiger partial charge in [-0.2, -0.15) is 0 Å². The highest BCUT2D eigenvalue weighted by molar-refractivity contribution is 7.89. The molecule has 1 aliphatic rings. The molecule has 124 valence electrons. The first-order chi connectivity index (χ1) is 10.4. The van der Waals surface area contributed by atoms with Crippen molar-refractivity contribution in [2.75, 3.05) is 26.2 Å². The fraction of sp³-hybridized carbons (Fsp3) is 0.625. The average Bonchev–Trinajstić information content (AvgIpc) is 2.43. The van der Waals surface area contributed by atoms with E-state index in [4.69, 9.17) is 0 Å². The second-order valence-corrected chi connectivity index (χ2v) is 8.18. The van der Waals surface area contributed by atoms with Gasteiger partial charge < -0.3 is 4.90 Å². The number of halogens is 1. The molecular formula is C16H25FN2O2S. The number of benzene rings is 1. The first kappa shape index (κ1) is 17.4. The molecule has 22 heavy (non-hydrogen) atoms. The molecule has 1 aromatic carbocycles. The first-order valence-corrected chi connectivity index (χ1v) is 9.33. The smallest absolute Gasteiger partial charge is 0.240 e. The lowest BCUT2D eigenvalue weighted by molar-refractivity contribution is 0.140. The molecule has 1 aromatic rings. The molecule has 1 heterocycles. The fourth-order valence-corrected chi connectivity index (χ4v) is 4.26. The van der Waals surface area contributed by atoms with Crippen LogP contribution in [-0.4, -0.2) is 39.5 Å². The van der Waals surface area contributed by atoms with Crippen LogP contribution >= 0.6 is 0 Å². The van der Waals surface area contributed by atoms with Crippen molar-refractivity contribution in [3.05, 3.63) is 30.1 Å². The number of sulfonamides is 1. The van der Waals surface area contributed by atoms with E-state index >= 15 is 0 Å². The normalized spacial score (nSPS) is 23.6. The summed E-state index contributed by atoms with van der Waals surface area (Å²) in [6.45, 7) is 8.02. The maximum Gasteiger partial charge on any atom is 0.240 e. The molecule has 4 nitrogen and oxygen atoms in total. The Morgan fingerprint density at radius 2 is 1.77 bits per heavy atom. The summed E-state index contributed by atoms with van der Waals surface area (Å²) >= 11 is 0. The largest absolute Gasteiger partial charge is 0.303 e. The lowest BCUT2D eigenvalue weighted by Crippen LogP contribution is -2.40. The molecule has 2 rings (SSSR count). The van der Waals surface area contributed by atoms with Crippen LogP contribution in [0.4, 0.5) is 4.39 Å². The second kappa shape index (κ2) is 7.53. The molecule has 6 heteroatoms. The molecule has 2 unspecified atom stereocenters. The lowest BCUT2D eigenvalue weighted by atomic mass is 9.92. The second-order valence-electron chi connectivity index (χ2n) is 6.41. The van der Waals surface area contributed by atoms with Crippen molar-refractivity contribution in [2.45, 2.75) is 31.6 Å². The van der Waals surface area contributed by atoms with E-state index in [2.05, 4.69) is 23.5 Å². The summed E-state index contributed by atoms with van der Waals surface area (Å²) in [5.41, 5.74) is 0. The molecule has 0 amide bonds. The molecule has 1 aliphatic heterocycles. The number of rotatable bonds is 6. The molecule has 0 radical (unpaired) electrons. The Morgan fingerprint density at radius 3 is 2.36 bits per heavy atom. The van der Waals surface area contributed by atoms with E-state index in [0.717, 1.165) is 38.2 Å². The van der Waals surface area contributed by atoms with Gasteiger partial charge in [-0.25, -0.2) is 17.5 Å². The van der Waals surface area contributed by atoms with Crippen LogP contribution in [-0.2, 0) is 10.0 Å². The number of nitrogens with one attached hydrogen (secondary N) is 1. The molecule has 0 bridgehead atoms. The minimum Gasteiger partial charge on any atom is -0.303 e. The maximum absolute atomic E-state index is 12.8. The van der Waals surface area contributed by atoms with Crippen LogP contribution < -0.4 is 4.72 Å². The molecule has 0 aromatic heterocycles. The first-order valence-electron chi connectivity index (χ1n) is 7.84. The third kappa shape index (κ3) is 5.04. The van der Waals surface area contributed by atoms with E-state index in [0.29, 0.717) is 18.4 Å². The van der Waals surface area contributed by atoms with Gasteiger partial charge in [-0.15, -0.1) is 0 Å². The SMILES string of the molecule is CC1CC(C)CN(CCCNS(=O)(=O)c2ccc(F)cc2)C1. The summed E-state index contributed by atoms with van der Waals surface area (Å²) in [5, 5.41) is 0. The highest BCUT2D eigenvalue weighted by Crippen LogP contribution is 2.20. The van der Waals surface area contributed by atoms with Crippen LogP contribution in [0.15, 0.2) is 29.2 Å². The van der Waals surface area contributed by atoms with E-state index in [-0.39, 0.29) is 4.90 Å². The van der Waals surface area contributed by atoms with Crippen LogP contribution in [0.2, 0.25) is 0 Å². The zero-order valence-electron chi connectivity index (χ0n) is 13.3. The summed E-state index contributed by atoms with van der Waals surface area (Å²) < 4.78 is 39.5. The number of hydrogen-bond acceptors (Lipinski definition) is 3. The number of hydrogen-bond donors (Lipinski definition) is 1. The van der Waals surface area contributed by atoms with Crippen LogP contribution in [0.25, 0.3) is 0 Å². The van der Waals surface area contributed by atoms with Gasteiger partial charge in [0.15, 0.2) is 0 Å². The molecule has 1 saturated heterocycles. The van der Waals surface area contributed by atoms with Gasteiger partial charge in [-0.1, -0.05) is 13.8 Å². The van der Waals surface area contributed by atoms with Gasteiger partial charge >= 0.3 is 0 Å². The minimum atomic E-state index is -3.54. The molecule has 1 fully saturated rings. The van der Waals surface area contributed by atoms with Crippen molar-refractivity contribution in [1.82, 2.24) is 9.62 Å². The standard InChI is InChI=1S/C16H25FN2O2S/c1-13-10-14(2)12-19(11-13)9-3-8-18-22(20,21)16-6-4-15(17)5-7-16/h4-7,13-14,18H,3,8-12H2,1-2H3. The maximum atomic E-state index is 12.8. The Labute approximate surface area is 132 Å². The number of likely N-dealkylation sites (tertiary alicyclic amines) is 1. The van der Waals surface area contributed by atoms with Crippen molar-refractivity contribution in [3.8, 4) is 0 Å². The number of nitrogens with zero attached hydrogens (tertiary/aromatic N) is 1. The Balaban J connectivity index is 1.77. The van der Waals surface area contributed by atoms with Crippen molar-refractivity contribution in [3.63, 3.8) is 0 Å². The quantitative estimate of drug-likeness (QED) is 0.816. The summed E-state index contributed by atoms with van der Waals surface area (Å²) in [6.07, 6.45) is 2.05. The molecule has 0 aliphatic carbocycles. The van der Waals surface area contributed by atoms with Gasteiger partial charge in [0.05, 0.1) is 4.90 Å². The van der Waals surface area contributed by atoms with Gasteiger partial charge in [-0.05, 0) is 55.5 Å². The van der Waals surface area contributed by atoms with Gasteiger partial charge in [0.2, 0.25) is 10.0 Å². The van der Waals surface area contributed by atoms with Crippen LogP contribution in [0.3, 0.4) is 0 Å². The summed E-state index contributed by atoms with van der Waals surface area (Å²) in [7, 11) is -3.54. The molecule has 0 spiro atoms. The van der Waals surface area contributed by atoms with E-state index in [1.54, 1.807) is 0 Å². The van der Waals surface area contributed by atoms with Crippen molar-refractivity contribution in [1.29, 1.82) is 0 Å². The van der Waals surface area contributed by atoms with Gasteiger partial charge in [0.1, 0.15) is 5.82 Å². The fourth-order valence-electron chi connectivity index (χ4n) is 3.18. The van der Waals surface area contributed by atoms with Crippen molar-refractivity contribution < 1.29 is 12.8 Å². The Kier molecular flexibility index (Phi) is 5.94. The van der Waals surface area contributed by atoms with Crippen molar-refractivity contribution >= 4 is 10.0 Å². The predicted molar refractivity (Wildman–Crippen MR) is 85.6 cm³/mol. The molecule has 2 atom stereocenters. The minimum absolute atomic E-state index is 0.106. The van der Waals surface area contributed by atoms with E-state index in [9.17, 15) is 12.8 Å². The topological polar surface area (TPSA) is 49.4 Å². The van der Waals surface area contributed by atoms with Gasteiger partial charge in [-0.3, -0.25) is 0 Å². The lowest BCUT2D eigenvalue weighted by Gasteiger charge is -2.34. The molecule has 1 N–H and O–H groups in total. The highest BCUT2D eigenvalue weighted by atomic mass is 32.2. The van der Waals surface area contributed by atoms with Crippen LogP contribution in [0.5, 0.6) is 0 Å². The summed E-state index contributed by atoms with van der Waals surface area (Å²) in [5.74, 6) is 0.978. The number of piperidine rings is 1. The predicted octanol–water partition coefficient (Wildman–Crippen LogP) is 2.47. The monoisotopic (exact) mass is 328 g/mol. The average molecular weight is 328 g/mol. The van der Waals surface area contributed by atoms with Gasteiger partial charge in [0, 0.05) is 19.6 Å². The van der Waals surface area contributed by atoms with Crippen molar-refractivity contribution in [2.24, 2.45) is 11.8 Å². The third-order valence-electron chi connectivity index (χ3n) is 4.01. The zero-order valence-corrected chi connectivity index (χ0v) is 14.1. The highest BCUT2D eigenvalue weighted by Gasteiger charge is 2.21. The summed E-state index contributed by atoms with van der Waals surface area (Å²) in [6, 6.07) is 4.88. The Bertz CT molecular complexity index is 564. The summed E-state index contributed by atoms with van der Waals surface area (Å²) in [4.78, 5) is 2.51. The zero-order chi connectivity index (χ0) is 16.2. The van der Waals surface area contributed by atoms with Crippen LogP contribution in [0, 0.1) is 17.7 Å². The molecular weight excluding hydrogens is 303 g/mol. The molecule has 0 saturated carbocycles. The third-order valence-corrected chi connectivity index (χ3v) is 5.49. The van der Waals surface area contributed by atoms with Crippen LogP contribution in [0.1, 0.15) is 26.7 Å². The Morgan fingerprint density at radius 1 is 1.18 bits per heavy atom.